The van der Waals surface area contributed by atoms with Crippen LogP contribution in [0.5, 0.6) is 0 Å². The molecule has 1 fully saturated rings. The number of hydrogen-bond acceptors (Lipinski definition) is 3. The zero-order valence-electron chi connectivity index (χ0n) is 9.45. The average Bonchev–Trinajstić information content (AvgIpc) is 2.75. The number of carbonyl (C=O) groups excluding carboxylic acids is 1. The van der Waals surface area contributed by atoms with Crippen LogP contribution < -0.4 is 5.32 Å². The van der Waals surface area contributed by atoms with E-state index in [1.807, 2.05) is 0 Å². The summed E-state index contributed by atoms with van der Waals surface area (Å²) in [4.78, 5) is 15.1. The summed E-state index contributed by atoms with van der Waals surface area (Å²) in [6, 6.07) is 2.51. The van der Waals surface area contributed by atoms with Crippen molar-refractivity contribution < 1.29 is 14.3 Å². The van der Waals surface area contributed by atoms with Crippen molar-refractivity contribution in [2.24, 2.45) is 0 Å². The Morgan fingerprint density at radius 2 is 2.18 bits per heavy atom. The second kappa shape index (κ2) is 4.79. The van der Waals surface area contributed by atoms with Crippen molar-refractivity contribution in [3.05, 3.63) is 29.8 Å². The van der Waals surface area contributed by atoms with E-state index in [-0.39, 0.29) is 12.5 Å². The topological polar surface area (TPSA) is 62.2 Å². The number of halogens is 1. The molecule has 0 spiro atoms. The monoisotopic (exact) mass is 238 g/mol. The number of pyridine rings is 1. The zero-order chi connectivity index (χ0) is 12.3. The molecule has 2 N–H and O–H groups in total. The van der Waals surface area contributed by atoms with Gasteiger partial charge in [-0.3, -0.25) is 4.79 Å². The van der Waals surface area contributed by atoms with Gasteiger partial charge in [-0.15, -0.1) is 0 Å². The van der Waals surface area contributed by atoms with Gasteiger partial charge in [0.2, 0.25) is 5.95 Å². The molecular weight excluding hydrogens is 223 g/mol. The van der Waals surface area contributed by atoms with Crippen molar-refractivity contribution in [2.75, 3.05) is 6.54 Å². The molecule has 1 aromatic rings. The maximum Gasteiger partial charge on any atom is 0.252 e. The van der Waals surface area contributed by atoms with Crippen LogP contribution >= 0.6 is 0 Å². The van der Waals surface area contributed by atoms with Gasteiger partial charge < -0.3 is 10.4 Å². The summed E-state index contributed by atoms with van der Waals surface area (Å²) >= 11 is 0. The van der Waals surface area contributed by atoms with Crippen molar-refractivity contribution in [3.8, 4) is 0 Å². The van der Waals surface area contributed by atoms with Crippen LogP contribution in [0.3, 0.4) is 0 Å². The Morgan fingerprint density at radius 3 is 2.76 bits per heavy atom. The molecule has 0 radical (unpaired) electrons. The lowest BCUT2D eigenvalue weighted by Gasteiger charge is -2.22. The Morgan fingerprint density at radius 1 is 1.47 bits per heavy atom. The van der Waals surface area contributed by atoms with Crippen LogP contribution in [-0.2, 0) is 0 Å². The minimum Gasteiger partial charge on any atom is -0.388 e. The third-order valence-electron chi connectivity index (χ3n) is 3.10. The van der Waals surface area contributed by atoms with E-state index in [4.69, 9.17) is 0 Å². The molecule has 5 heteroatoms. The molecule has 1 aliphatic carbocycles. The van der Waals surface area contributed by atoms with E-state index >= 15 is 0 Å². The third kappa shape index (κ3) is 3.00. The Kier molecular flexibility index (Phi) is 3.38. The van der Waals surface area contributed by atoms with E-state index in [1.165, 1.54) is 12.3 Å². The van der Waals surface area contributed by atoms with Crippen molar-refractivity contribution in [1.82, 2.24) is 10.3 Å². The predicted molar refractivity (Wildman–Crippen MR) is 59.9 cm³/mol. The standard InChI is InChI=1S/C12H15FN2O2/c13-10-4-3-9(7-14-10)11(16)15-8-12(17)5-1-2-6-12/h3-4,7,17H,1-2,5-6,8H2,(H,15,16). The number of carbonyl (C=O) groups is 1. The second-order valence-corrected chi connectivity index (χ2v) is 4.48. The minimum atomic E-state index is -0.775. The molecule has 92 valence electrons. The molecule has 0 saturated heterocycles. The first-order chi connectivity index (χ1) is 8.09. The van der Waals surface area contributed by atoms with Crippen molar-refractivity contribution in [1.29, 1.82) is 0 Å². The summed E-state index contributed by atoms with van der Waals surface area (Å²) in [5.74, 6) is -0.950. The molecule has 1 saturated carbocycles. The van der Waals surface area contributed by atoms with Gasteiger partial charge in [0.15, 0.2) is 0 Å². The molecule has 2 rings (SSSR count). The van der Waals surface area contributed by atoms with Crippen molar-refractivity contribution >= 4 is 5.91 Å². The van der Waals surface area contributed by atoms with Crippen molar-refractivity contribution in [2.45, 2.75) is 31.3 Å². The lowest BCUT2D eigenvalue weighted by molar-refractivity contribution is 0.0449. The Labute approximate surface area is 98.9 Å². The van der Waals surface area contributed by atoms with Crippen LogP contribution in [0, 0.1) is 5.95 Å². The third-order valence-corrected chi connectivity index (χ3v) is 3.10. The van der Waals surface area contributed by atoms with Crippen LogP contribution in [0.15, 0.2) is 18.3 Å². The van der Waals surface area contributed by atoms with E-state index < -0.39 is 11.5 Å². The molecule has 1 heterocycles. The first kappa shape index (κ1) is 12.0. The van der Waals surface area contributed by atoms with Crippen LogP contribution in [0.25, 0.3) is 0 Å². The fourth-order valence-corrected chi connectivity index (χ4v) is 2.07. The van der Waals surface area contributed by atoms with E-state index in [2.05, 4.69) is 10.3 Å². The van der Waals surface area contributed by atoms with Crippen LogP contribution in [0.2, 0.25) is 0 Å². The summed E-state index contributed by atoms with van der Waals surface area (Å²) in [5, 5.41) is 12.7. The highest BCUT2D eigenvalue weighted by Gasteiger charge is 2.31. The molecule has 1 aliphatic rings. The maximum atomic E-state index is 12.6. The summed E-state index contributed by atoms with van der Waals surface area (Å²) in [6.07, 6.45) is 4.60. The van der Waals surface area contributed by atoms with Crippen molar-refractivity contribution in [3.63, 3.8) is 0 Å². The van der Waals surface area contributed by atoms with Gasteiger partial charge >= 0.3 is 0 Å². The van der Waals surface area contributed by atoms with Gasteiger partial charge in [-0.2, -0.15) is 4.39 Å². The molecule has 1 amide bonds. The highest BCUT2D eigenvalue weighted by molar-refractivity contribution is 5.93. The molecule has 0 unspecified atom stereocenters. The van der Waals surface area contributed by atoms with Gasteiger partial charge in [0.1, 0.15) is 0 Å². The quantitative estimate of drug-likeness (QED) is 0.779. The van der Waals surface area contributed by atoms with Gasteiger partial charge in [-0.1, -0.05) is 12.8 Å². The first-order valence-electron chi connectivity index (χ1n) is 5.71. The number of nitrogens with zero attached hydrogens (tertiary/aromatic N) is 1. The van der Waals surface area contributed by atoms with E-state index in [0.717, 1.165) is 31.7 Å². The molecule has 0 aliphatic heterocycles. The smallest absolute Gasteiger partial charge is 0.252 e. The van der Waals surface area contributed by atoms with Crippen LogP contribution in [0.4, 0.5) is 4.39 Å². The van der Waals surface area contributed by atoms with Gasteiger partial charge in [0, 0.05) is 12.7 Å². The predicted octanol–water partition coefficient (Wildman–Crippen LogP) is 1.26. The fourth-order valence-electron chi connectivity index (χ4n) is 2.07. The highest BCUT2D eigenvalue weighted by atomic mass is 19.1. The van der Waals surface area contributed by atoms with Crippen LogP contribution in [-0.4, -0.2) is 28.1 Å². The zero-order valence-corrected chi connectivity index (χ0v) is 9.45. The minimum absolute atomic E-state index is 0.239. The molecule has 0 aromatic carbocycles. The average molecular weight is 238 g/mol. The fraction of sp³-hybridized carbons (Fsp3) is 0.500. The number of rotatable bonds is 3. The largest absolute Gasteiger partial charge is 0.388 e. The molecule has 4 nitrogen and oxygen atoms in total. The van der Waals surface area contributed by atoms with Crippen LogP contribution in [0.1, 0.15) is 36.0 Å². The molecular formula is C12H15FN2O2. The Bertz CT molecular complexity index is 399. The Balaban J connectivity index is 1.91. The normalized spacial score (nSPS) is 18.0. The van der Waals surface area contributed by atoms with Gasteiger partial charge in [-0.25, -0.2) is 4.98 Å². The number of aromatic nitrogens is 1. The molecule has 17 heavy (non-hydrogen) atoms. The van der Waals surface area contributed by atoms with E-state index in [1.54, 1.807) is 0 Å². The van der Waals surface area contributed by atoms with Gasteiger partial charge in [-0.05, 0) is 25.0 Å². The van der Waals surface area contributed by atoms with E-state index in [9.17, 15) is 14.3 Å². The summed E-state index contributed by atoms with van der Waals surface area (Å²) in [5.41, 5.74) is -0.476. The summed E-state index contributed by atoms with van der Waals surface area (Å²) < 4.78 is 12.6. The lowest BCUT2D eigenvalue weighted by atomic mass is 10.0. The number of hydrogen-bond donors (Lipinski definition) is 2. The summed E-state index contributed by atoms with van der Waals surface area (Å²) in [7, 11) is 0. The number of amides is 1. The second-order valence-electron chi connectivity index (χ2n) is 4.48. The highest BCUT2D eigenvalue weighted by Crippen LogP contribution is 2.28. The lowest BCUT2D eigenvalue weighted by Crippen LogP contribution is -2.40. The van der Waals surface area contributed by atoms with Gasteiger partial charge in [0.05, 0.1) is 11.2 Å². The number of nitrogens with one attached hydrogen (secondary N) is 1. The molecule has 0 bridgehead atoms. The summed E-state index contributed by atoms with van der Waals surface area (Å²) in [6.45, 7) is 0.239. The van der Waals surface area contributed by atoms with Gasteiger partial charge in [0.25, 0.3) is 5.91 Å². The number of aliphatic hydroxyl groups is 1. The maximum absolute atomic E-state index is 12.6. The SMILES string of the molecule is O=C(NCC1(O)CCCC1)c1ccc(F)nc1. The Hall–Kier alpha value is -1.49. The molecule has 0 atom stereocenters. The first-order valence-corrected chi connectivity index (χ1v) is 5.71. The van der Waals surface area contributed by atoms with E-state index in [0.29, 0.717) is 5.56 Å². The molecule has 1 aromatic heterocycles.